The summed E-state index contributed by atoms with van der Waals surface area (Å²) in [7, 11) is 0. The molecule has 0 aliphatic carbocycles. The predicted octanol–water partition coefficient (Wildman–Crippen LogP) is 6.48. The highest BCUT2D eigenvalue weighted by molar-refractivity contribution is 14.1. The van der Waals surface area contributed by atoms with Gasteiger partial charge in [-0.3, -0.25) is 9.59 Å². The molecule has 5 heteroatoms. The fourth-order valence-corrected chi connectivity index (χ4v) is 3.26. The van der Waals surface area contributed by atoms with Crippen LogP contribution in [0.1, 0.15) is 33.2 Å². The van der Waals surface area contributed by atoms with Crippen LogP contribution in [0.15, 0.2) is 78.9 Å². The SMILES string of the molecule is CC(=O)c1ccc(/C(=C\C(=O)c2ccc(Cl)cc2)Nc2ccccc2I)cc1. The summed E-state index contributed by atoms with van der Waals surface area (Å²) in [6, 6.07) is 21.8. The molecule has 0 bridgehead atoms. The zero-order valence-corrected chi connectivity index (χ0v) is 18.0. The Kier molecular flexibility index (Phi) is 6.65. The lowest BCUT2D eigenvalue weighted by Crippen LogP contribution is -2.05. The number of anilines is 1. The van der Waals surface area contributed by atoms with Crippen molar-refractivity contribution in [1.82, 2.24) is 0 Å². The third kappa shape index (κ3) is 5.09. The molecule has 3 aromatic carbocycles. The maximum Gasteiger partial charge on any atom is 0.187 e. The Balaban J connectivity index is 2.00. The lowest BCUT2D eigenvalue weighted by molar-refractivity contribution is 0.101. The Hall–Kier alpha value is -2.44. The first-order chi connectivity index (χ1) is 13.4. The molecule has 3 nitrogen and oxygen atoms in total. The molecule has 0 aliphatic rings. The number of para-hydroxylation sites is 1. The number of carbonyl (C=O) groups is 2. The molecule has 0 unspecified atom stereocenters. The van der Waals surface area contributed by atoms with Gasteiger partial charge in [0.15, 0.2) is 11.6 Å². The zero-order valence-electron chi connectivity index (χ0n) is 15.1. The largest absolute Gasteiger partial charge is 0.354 e. The molecule has 0 radical (unpaired) electrons. The van der Waals surface area contributed by atoms with Gasteiger partial charge in [-0.1, -0.05) is 48.0 Å². The van der Waals surface area contributed by atoms with E-state index in [1.54, 1.807) is 42.5 Å². The smallest absolute Gasteiger partial charge is 0.187 e. The summed E-state index contributed by atoms with van der Waals surface area (Å²) in [6.45, 7) is 1.53. The Bertz CT molecular complexity index is 1040. The summed E-state index contributed by atoms with van der Waals surface area (Å²) in [6.07, 6.45) is 1.56. The maximum absolute atomic E-state index is 12.8. The van der Waals surface area contributed by atoms with E-state index in [1.165, 1.54) is 6.92 Å². The number of halogens is 2. The van der Waals surface area contributed by atoms with Crippen LogP contribution < -0.4 is 5.32 Å². The standard InChI is InChI=1S/C23H17ClINO2/c1-15(27)16-6-8-17(9-7-16)22(26-21-5-3-2-4-20(21)25)14-23(28)18-10-12-19(24)13-11-18/h2-14,26H,1H3/b22-14+. The van der Waals surface area contributed by atoms with Crippen molar-refractivity contribution in [1.29, 1.82) is 0 Å². The molecule has 0 amide bonds. The second kappa shape index (κ2) is 9.17. The molecule has 0 aliphatic heterocycles. The first kappa shape index (κ1) is 20.3. The summed E-state index contributed by atoms with van der Waals surface area (Å²) in [5.41, 5.74) is 3.54. The van der Waals surface area contributed by atoms with Gasteiger partial charge in [0.1, 0.15) is 0 Å². The molecule has 3 rings (SSSR count). The average molecular weight is 502 g/mol. The topological polar surface area (TPSA) is 46.2 Å². The van der Waals surface area contributed by atoms with E-state index in [0.717, 1.165) is 14.8 Å². The van der Waals surface area contributed by atoms with Crippen LogP contribution in [-0.4, -0.2) is 11.6 Å². The summed E-state index contributed by atoms with van der Waals surface area (Å²) < 4.78 is 1.03. The van der Waals surface area contributed by atoms with Crippen LogP contribution in [0.2, 0.25) is 5.02 Å². The van der Waals surface area contributed by atoms with E-state index in [0.29, 0.717) is 21.8 Å². The van der Waals surface area contributed by atoms with Crippen LogP contribution in [0.3, 0.4) is 0 Å². The summed E-state index contributed by atoms with van der Waals surface area (Å²) in [5.74, 6) is -0.138. The minimum absolute atomic E-state index is 0.000104. The molecule has 1 N–H and O–H groups in total. The van der Waals surface area contributed by atoms with E-state index in [2.05, 4.69) is 27.9 Å². The molecule has 0 aromatic heterocycles. The molecule has 28 heavy (non-hydrogen) atoms. The van der Waals surface area contributed by atoms with Crippen molar-refractivity contribution in [2.45, 2.75) is 6.92 Å². The number of rotatable bonds is 6. The minimum atomic E-state index is -0.138. The van der Waals surface area contributed by atoms with E-state index in [9.17, 15) is 9.59 Å². The van der Waals surface area contributed by atoms with Gasteiger partial charge in [0.2, 0.25) is 0 Å². The molecule has 0 heterocycles. The number of hydrogen-bond acceptors (Lipinski definition) is 3. The van der Waals surface area contributed by atoms with Crippen molar-refractivity contribution in [3.63, 3.8) is 0 Å². The van der Waals surface area contributed by atoms with Gasteiger partial charge in [-0.05, 0) is 71.5 Å². The van der Waals surface area contributed by atoms with Crippen molar-refractivity contribution in [2.75, 3.05) is 5.32 Å². The van der Waals surface area contributed by atoms with Crippen molar-refractivity contribution >= 4 is 57.1 Å². The van der Waals surface area contributed by atoms with Gasteiger partial charge in [0.25, 0.3) is 0 Å². The highest BCUT2D eigenvalue weighted by atomic mass is 127. The Labute approximate surface area is 182 Å². The number of ketones is 2. The van der Waals surface area contributed by atoms with E-state index < -0.39 is 0 Å². The first-order valence-corrected chi connectivity index (χ1v) is 10.0. The Morgan fingerprint density at radius 1 is 0.857 bits per heavy atom. The zero-order chi connectivity index (χ0) is 20.1. The average Bonchev–Trinajstić information content (AvgIpc) is 2.69. The summed E-state index contributed by atoms with van der Waals surface area (Å²) >= 11 is 8.16. The molecular weight excluding hydrogens is 485 g/mol. The quantitative estimate of drug-likeness (QED) is 0.239. The van der Waals surface area contributed by atoms with Gasteiger partial charge in [-0.2, -0.15) is 0 Å². The first-order valence-electron chi connectivity index (χ1n) is 8.58. The van der Waals surface area contributed by atoms with Crippen LogP contribution in [-0.2, 0) is 0 Å². The van der Waals surface area contributed by atoms with Gasteiger partial charge >= 0.3 is 0 Å². The number of benzene rings is 3. The van der Waals surface area contributed by atoms with Crippen LogP contribution in [0.5, 0.6) is 0 Å². The van der Waals surface area contributed by atoms with Crippen molar-refractivity contribution in [2.24, 2.45) is 0 Å². The second-order valence-corrected chi connectivity index (χ2v) is 7.77. The number of hydrogen-bond donors (Lipinski definition) is 1. The number of Topliss-reactive ketones (excluding diaryl/α,β-unsaturated/α-hetero) is 1. The van der Waals surface area contributed by atoms with Crippen molar-refractivity contribution in [3.8, 4) is 0 Å². The van der Waals surface area contributed by atoms with Crippen LogP contribution in [0, 0.1) is 3.57 Å². The molecule has 0 spiro atoms. The molecule has 0 atom stereocenters. The fourth-order valence-electron chi connectivity index (χ4n) is 2.61. The monoisotopic (exact) mass is 501 g/mol. The molecule has 140 valence electrons. The lowest BCUT2D eigenvalue weighted by atomic mass is 10.0. The van der Waals surface area contributed by atoms with Crippen molar-refractivity contribution in [3.05, 3.63) is 104 Å². The second-order valence-electron chi connectivity index (χ2n) is 6.17. The molecule has 0 saturated carbocycles. The highest BCUT2D eigenvalue weighted by Crippen LogP contribution is 2.24. The Morgan fingerprint density at radius 2 is 1.43 bits per heavy atom. The Morgan fingerprint density at radius 3 is 2.04 bits per heavy atom. The van der Waals surface area contributed by atoms with Gasteiger partial charge in [0.05, 0.1) is 5.69 Å². The predicted molar refractivity (Wildman–Crippen MR) is 123 cm³/mol. The minimum Gasteiger partial charge on any atom is -0.354 e. The van der Waals surface area contributed by atoms with Crippen LogP contribution >= 0.6 is 34.2 Å². The summed E-state index contributed by atoms with van der Waals surface area (Å²) in [5, 5.41) is 3.93. The highest BCUT2D eigenvalue weighted by Gasteiger charge is 2.10. The van der Waals surface area contributed by atoms with Gasteiger partial charge < -0.3 is 5.32 Å². The van der Waals surface area contributed by atoms with Crippen LogP contribution in [0.4, 0.5) is 5.69 Å². The van der Waals surface area contributed by atoms with E-state index in [-0.39, 0.29) is 11.6 Å². The van der Waals surface area contributed by atoms with E-state index in [4.69, 9.17) is 11.6 Å². The number of carbonyl (C=O) groups excluding carboxylic acids is 2. The number of allylic oxidation sites excluding steroid dienone is 1. The lowest BCUT2D eigenvalue weighted by Gasteiger charge is -2.13. The third-order valence-corrected chi connectivity index (χ3v) is 5.34. The van der Waals surface area contributed by atoms with Gasteiger partial charge in [-0.15, -0.1) is 0 Å². The van der Waals surface area contributed by atoms with E-state index >= 15 is 0 Å². The van der Waals surface area contributed by atoms with Gasteiger partial charge in [-0.25, -0.2) is 0 Å². The van der Waals surface area contributed by atoms with Crippen LogP contribution in [0.25, 0.3) is 5.70 Å². The molecule has 0 saturated heterocycles. The molecular formula is C23H17ClINO2. The maximum atomic E-state index is 12.8. The van der Waals surface area contributed by atoms with Gasteiger partial charge in [0, 0.05) is 31.5 Å². The molecule has 3 aromatic rings. The summed E-state index contributed by atoms with van der Waals surface area (Å²) in [4.78, 5) is 24.3. The fraction of sp³-hybridized carbons (Fsp3) is 0.0435. The third-order valence-electron chi connectivity index (χ3n) is 4.15. The van der Waals surface area contributed by atoms with E-state index in [1.807, 2.05) is 36.4 Å². The normalized spacial score (nSPS) is 11.2. The molecule has 0 fully saturated rings. The van der Waals surface area contributed by atoms with Crippen molar-refractivity contribution < 1.29 is 9.59 Å². The number of nitrogens with one attached hydrogen (secondary N) is 1.